The molecule has 0 atom stereocenters. The van der Waals surface area contributed by atoms with Gasteiger partial charge >= 0.3 is 0 Å². The third-order valence-electron chi connectivity index (χ3n) is 4.40. The summed E-state index contributed by atoms with van der Waals surface area (Å²) in [7, 11) is 0. The van der Waals surface area contributed by atoms with Gasteiger partial charge in [0.2, 0.25) is 5.91 Å². The van der Waals surface area contributed by atoms with E-state index in [0.717, 1.165) is 33.7 Å². The lowest BCUT2D eigenvalue weighted by Gasteiger charge is -2.21. The van der Waals surface area contributed by atoms with Crippen LogP contribution in [0.5, 0.6) is 5.75 Å². The van der Waals surface area contributed by atoms with Gasteiger partial charge in [0, 0.05) is 23.9 Å². The van der Waals surface area contributed by atoms with Gasteiger partial charge in [0.15, 0.2) is 0 Å². The van der Waals surface area contributed by atoms with Gasteiger partial charge in [-0.3, -0.25) is 9.78 Å². The molecule has 1 amide bonds. The number of amides is 1. The number of nitrogens with zero attached hydrogens (tertiary/aromatic N) is 1. The number of carbonyl (C=O) groups excluding carboxylic acids is 1. The van der Waals surface area contributed by atoms with Crippen molar-refractivity contribution in [2.24, 2.45) is 0 Å². The van der Waals surface area contributed by atoms with Crippen molar-refractivity contribution in [3.05, 3.63) is 77.9 Å². The Kier molecular flexibility index (Phi) is 4.35. The average molecular weight is 348 g/mol. The van der Waals surface area contributed by atoms with Crippen LogP contribution >= 0.6 is 0 Å². The summed E-state index contributed by atoms with van der Waals surface area (Å²) in [6.45, 7) is 0.452. The number of halogens is 1. The number of anilines is 1. The fourth-order valence-electron chi connectivity index (χ4n) is 3.06. The Labute approximate surface area is 150 Å². The van der Waals surface area contributed by atoms with Crippen LogP contribution < -0.4 is 10.1 Å². The zero-order valence-corrected chi connectivity index (χ0v) is 14.0. The first-order valence-electron chi connectivity index (χ1n) is 8.43. The molecule has 2 aromatic carbocycles. The van der Waals surface area contributed by atoms with Crippen LogP contribution in [0.15, 0.2) is 60.9 Å². The second-order valence-corrected chi connectivity index (χ2v) is 6.21. The predicted octanol–water partition coefficient (Wildman–Crippen LogP) is 4.35. The van der Waals surface area contributed by atoms with Crippen LogP contribution in [0.2, 0.25) is 0 Å². The smallest absolute Gasteiger partial charge is 0.224 e. The maximum Gasteiger partial charge on any atom is 0.224 e. The normalized spacial score (nSPS) is 11.9. The quantitative estimate of drug-likeness (QED) is 0.762. The molecule has 0 saturated heterocycles. The van der Waals surface area contributed by atoms with Gasteiger partial charge in [-0.15, -0.1) is 0 Å². The summed E-state index contributed by atoms with van der Waals surface area (Å²) in [5, 5.41) is 2.92. The molecule has 4 rings (SSSR count). The summed E-state index contributed by atoms with van der Waals surface area (Å²) < 4.78 is 18.6. The SMILES string of the molecule is O=C(CCc1ccc(F)cc1)Nc1ccc2c(c1)COc1cnccc1-2. The number of ether oxygens (including phenoxy) is 1. The molecule has 0 unspecified atom stereocenters. The number of fused-ring (bicyclic) bond motifs is 3. The van der Waals surface area contributed by atoms with Crippen molar-refractivity contribution < 1.29 is 13.9 Å². The summed E-state index contributed by atoms with van der Waals surface area (Å²) in [5.41, 5.74) is 4.81. The second kappa shape index (κ2) is 6.96. The lowest BCUT2D eigenvalue weighted by Crippen LogP contribution is -2.13. The lowest BCUT2D eigenvalue weighted by atomic mass is 9.97. The van der Waals surface area contributed by atoms with E-state index >= 15 is 0 Å². The highest BCUT2D eigenvalue weighted by Gasteiger charge is 2.17. The molecular weight excluding hydrogens is 331 g/mol. The van der Waals surface area contributed by atoms with Crippen molar-refractivity contribution in [1.82, 2.24) is 4.98 Å². The van der Waals surface area contributed by atoms with Gasteiger partial charge in [-0.25, -0.2) is 4.39 Å². The Hall–Kier alpha value is -3.21. The van der Waals surface area contributed by atoms with Gasteiger partial charge in [-0.2, -0.15) is 0 Å². The number of aromatic nitrogens is 1. The van der Waals surface area contributed by atoms with E-state index in [1.165, 1.54) is 12.1 Å². The summed E-state index contributed by atoms with van der Waals surface area (Å²) >= 11 is 0. The molecule has 0 bridgehead atoms. The molecule has 0 fully saturated rings. The molecule has 1 aliphatic rings. The molecule has 1 aliphatic heterocycles. The van der Waals surface area contributed by atoms with Gasteiger partial charge in [0.25, 0.3) is 0 Å². The van der Waals surface area contributed by atoms with Crippen LogP contribution in [-0.2, 0) is 17.8 Å². The first kappa shape index (κ1) is 16.3. The minimum absolute atomic E-state index is 0.0735. The fraction of sp³-hybridized carbons (Fsp3) is 0.143. The molecule has 5 heteroatoms. The standard InChI is InChI=1S/C21H17FN2O2/c22-16-4-1-14(2-5-16)3-8-21(25)24-17-6-7-18-15(11-17)13-26-20-12-23-10-9-19(18)20/h1-2,4-7,9-12H,3,8,13H2,(H,24,25). The van der Waals surface area contributed by atoms with Gasteiger partial charge in [0.05, 0.1) is 6.20 Å². The van der Waals surface area contributed by atoms with Crippen molar-refractivity contribution >= 4 is 11.6 Å². The van der Waals surface area contributed by atoms with E-state index in [-0.39, 0.29) is 11.7 Å². The Balaban J connectivity index is 1.43. The third-order valence-corrected chi connectivity index (χ3v) is 4.40. The number of pyridine rings is 1. The largest absolute Gasteiger partial charge is 0.487 e. The summed E-state index contributed by atoms with van der Waals surface area (Å²) in [5.74, 6) is 0.429. The molecule has 0 radical (unpaired) electrons. The molecule has 26 heavy (non-hydrogen) atoms. The predicted molar refractivity (Wildman–Crippen MR) is 97.4 cm³/mol. The van der Waals surface area contributed by atoms with E-state index in [0.29, 0.717) is 19.4 Å². The van der Waals surface area contributed by atoms with E-state index in [1.54, 1.807) is 24.5 Å². The lowest BCUT2D eigenvalue weighted by molar-refractivity contribution is -0.116. The topological polar surface area (TPSA) is 51.2 Å². The van der Waals surface area contributed by atoms with E-state index in [1.807, 2.05) is 24.3 Å². The van der Waals surface area contributed by atoms with Gasteiger partial charge in [-0.1, -0.05) is 18.2 Å². The molecule has 1 N–H and O–H groups in total. The van der Waals surface area contributed by atoms with Crippen LogP contribution in [0.3, 0.4) is 0 Å². The molecular formula is C21H17FN2O2. The van der Waals surface area contributed by atoms with Crippen molar-refractivity contribution in [2.75, 3.05) is 5.32 Å². The number of hydrogen-bond donors (Lipinski definition) is 1. The zero-order valence-electron chi connectivity index (χ0n) is 14.0. The van der Waals surface area contributed by atoms with E-state index < -0.39 is 0 Å². The fourth-order valence-corrected chi connectivity index (χ4v) is 3.06. The Morgan fingerprint density at radius 1 is 1.12 bits per heavy atom. The van der Waals surface area contributed by atoms with Crippen LogP contribution in [0.25, 0.3) is 11.1 Å². The Bertz CT molecular complexity index is 954. The number of carbonyl (C=O) groups is 1. The monoisotopic (exact) mass is 348 g/mol. The molecule has 1 aromatic heterocycles. The summed E-state index contributed by atoms with van der Waals surface area (Å²) in [4.78, 5) is 16.3. The number of rotatable bonds is 4. The average Bonchev–Trinajstić information content (AvgIpc) is 2.67. The maximum absolute atomic E-state index is 12.9. The van der Waals surface area contributed by atoms with Gasteiger partial charge in [-0.05, 0) is 53.4 Å². The number of nitrogens with one attached hydrogen (secondary N) is 1. The first-order valence-corrected chi connectivity index (χ1v) is 8.43. The molecule has 0 aliphatic carbocycles. The molecule has 130 valence electrons. The van der Waals surface area contributed by atoms with Crippen molar-refractivity contribution in [2.45, 2.75) is 19.4 Å². The summed E-state index contributed by atoms with van der Waals surface area (Å²) in [6, 6.07) is 14.0. The number of aryl methyl sites for hydroxylation is 1. The van der Waals surface area contributed by atoms with Crippen molar-refractivity contribution in [1.29, 1.82) is 0 Å². The number of hydrogen-bond acceptors (Lipinski definition) is 3. The zero-order chi connectivity index (χ0) is 17.9. The third kappa shape index (κ3) is 3.42. The highest BCUT2D eigenvalue weighted by Crippen LogP contribution is 2.37. The molecule has 2 heterocycles. The molecule has 4 nitrogen and oxygen atoms in total. The van der Waals surface area contributed by atoms with Crippen LogP contribution in [0.4, 0.5) is 10.1 Å². The second-order valence-electron chi connectivity index (χ2n) is 6.21. The summed E-state index contributed by atoms with van der Waals surface area (Å²) in [6.07, 6.45) is 4.36. The molecule has 3 aromatic rings. The van der Waals surface area contributed by atoms with Crippen LogP contribution in [0.1, 0.15) is 17.5 Å². The molecule has 0 spiro atoms. The highest BCUT2D eigenvalue weighted by atomic mass is 19.1. The van der Waals surface area contributed by atoms with Crippen LogP contribution in [-0.4, -0.2) is 10.9 Å². The Morgan fingerprint density at radius 3 is 2.81 bits per heavy atom. The van der Waals surface area contributed by atoms with Crippen molar-refractivity contribution in [3.8, 4) is 16.9 Å². The van der Waals surface area contributed by atoms with E-state index in [9.17, 15) is 9.18 Å². The molecule has 0 saturated carbocycles. The van der Waals surface area contributed by atoms with Crippen molar-refractivity contribution in [3.63, 3.8) is 0 Å². The van der Waals surface area contributed by atoms with E-state index in [2.05, 4.69) is 10.3 Å². The first-order chi connectivity index (χ1) is 12.7. The Morgan fingerprint density at radius 2 is 1.96 bits per heavy atom. The van der Waals surface area contributed by atoms with Crippen LogP contribution in [0, 0.1) is 5.82 Å². The number of benzene rings is 2. The highest BCUT2D eigenvalue weighted by molar-refractivity contribution is 5.91. The van der Waals surface area contributed by atoms with Gasteiger partial charge in [0.1, 0.15) is 18.2 Å². The van der Waals surface area contributed by atoms with Gasteiger partial charge < -0.3 is 10.1 Å². The maximum atomic E-state index is 12.9. The minimum atomic E-state index is -0.271. The minimum Gasteiger partial charge on any atom is -0.487 e. The van der Waals surface area contributed by atoms with E-state index in [4.69, 9.17) is 4.74 Å².